The zero-order valence-corrected chi connectivity index (χ0v) is 18.0. The molecule has 3 aliphatic rings. The minimum Gasteiger partial charge on any atom is -0.478 e. The minimum atomic E-state index is -0.883. The van der Waals surface area contributed by atoms with E-state index in [1.165, 1.54) is 0 Å². The predicted octanol–water partition coefficient (Wildman–Crippen LogP) is 4.46. The first-order valence-corrected chi connectivity index (χ1v) is 11.1. The van der Waals surface area contributed by atoms with Crippen LogP contribution in [0, 0.1) is 6.92 Å². The van der Waals surface area contributed by atoms with Gasteiger partial charge in [-0.25, -0.2) is 0 Å². The normalized spacial score (nSPS) is 21.6. The zero-order valence-electron chi connectivity index (χ0n) is 18.0. The number of carbonyl (C=O) groups excluding carboxylic acids is 1. The Labute approximate surface area is 186 Å². The summed E-state index contributed by atoms with van der Waals surface area (Å²) >= 11 is 0. The van der Waals surface area contributed by atoms with E-state index in [2.05, 4.69) is 9.97 Å². The SMILES string of the molecule is Cc1cccc(C2=C(c3ccc4nccnc4c3)OC3(CCC4(CC3)OCCO4)C2=O)c1. The second-order valence-electron chi connectivity index (χ2n) is 8.87. The van der Waals surface area contributed by atoms with Crippen molar-refractivity contribution >= 4 is 28.1 Å². The Bertz CT molecular complexity index is 1250. The van der Waals surface area contributed by atoms with Gasteiger partial charge in [-0.3, -0.25) is 14.8 Å². The maximum absolute atomic E-state index is 14.0. The standard InChI is InChI=1S/C26H24N2O4/c1-17-3-2-4-18(15-17)22-23(19-5-6-20-21(16-19)28-12-11-27-20)32-25(24(22)29)7-9-26(10-8-25)30-13-14-31-26/h2-6,11-12,15-16H,7-10,13-14H2,1H3. The van der Waals surface area contributed by atoms with Crippen molar-refractivity contribution in [1.82, 2.24) is 9.97 Å². The summed E-state index contributed by atoms with van der Waals surface area (Å²) in [6, 6.07) is 13.9. The van der Waals surface area contributed by atoms with Gasteiger partial charge in [-0.1, -0.05) is 29.8 Å². The number of ether oxygens (including phenoxy) is 3. The van der Waals surface area contributed by atoms with Crippen LogP contribution in [0.1, 0.15) is 42.4 Å². The molecule has 1 aromatic heterocycles. The summed E-state index contributed by atoms with van der Waals surface area (Å²) in [5.74, 6) is 0.113. The summed E-state index contributed by atoms with van der Waals surface area (Å²) in [4.78, 5) is 22.8. The van der Waals surface area contributed by atoms with E-state index in [9.17, 15) is 4.79 Å². The van der Waals surface area contributed by atoms with Crippen molar-refractivity contribution in [2.75, 3.05) is 13.2 Å². The number of rotatable bonds is 2. The first-order valence-electron chi connectivity index (χ1n) is 11.1. The minimum absolute atomic E-state index is 0.0465. The Hall–Kier alpha value is -3.09. The lowest BCUT2D eigenvalue weighted by molar-refractivity contribution is -0.199. The van der Waals surface area contributed by atoms with Crippen LogP contribution >= 0.6 is 0 Å². The van der Waals surface area contributed by atoms with Crippen LogP contribution in [0.2, 0.25) is 0 Å². The molecule has 2 spiro atoms. The first-order chi connectivity index (χ1) is 15.6. The average molecular weight is 428 g/mol. The van der Waals surface area contributed by atoms with Crippen LogP contribution in [-0.4, -0.2) is 40.4 Å². The number of benzene rings is 2. The van der Waals surface area contributed by atoms with Gasteiger partial charge in [-0.05, 0) is 43.5 Å². The lowest BCUT2D eigenvalue weighted by Crippen LogP contribution is -2.47. The molecule has 3 aromatic rings. The van der Waals surface area contributed by atoms with Gasteiger partial charge in [0.25, 0.3) is 0 Å². The molecule has 0 unspecified atom stereocenters. The van der Waals surface area contributed by atoms with Crippen LogP contribution in [0.25, 0.3) is 22.4 Å². The summed E-state index contributed by atoms with van der Waals surface area (Å²) in [6.45, 7) is 3.25. The molecule has 1 saturated carbocycles. The molecule has 32 heavy (non-hydrogen) atoms. The molecule has 6 nitrogen and oxygen atoms in total. The summed E-state index contributed by atoms with van der Waals surface area (Å²) in [5, 5.41) is 0. The van der Waals surface area contributed by atoms with E-state index in [0.717, 1.165) is 27.7 Å². The number of fused-ring (bicyclic) bond motifs is 1. The third kappa shape index (κ3) is 3.05. The van der Waals surface area contributed by atoms with Gasteiger partial charge in [0.1, 0.15) is 5.76 Å². The van der Waals surface area contributed by atoms with Crippen molar-refractivity contribution in [2.45, 2.75) is 44.0 Å². The van der Waals surface area contributed by atoms with Crippen LogP contribution in [0.3, 0.4) is 0 Å². The highest BCUT2D eigenvalue weighted by atomic mass is 16.7. The van der Waals surface area contributed by atoms with Gasteiger partial charge < -0.3 is 14.2 Å². The smallest absolute Gasteiger partial charge is 0.210 e. The van der Waals surface area contributed by atoms with Crippen molar-refractivity contribution in [3.63, 3.8) is 0 Å². The number of nitrogens with zero attached hydrogens (tertiary/aromatic N) is 2. The van der Waals surface area contributed by atoms with Gasteiger partial charge in [0.15, 0.2) is 11.4 Å². The van der Waals surface area contributed by atoms with Crippen molar-refractivity contribution < 1.29 is 19.0 Å². The molecule has 0 amide bonds. The fourth-order valence-electron chi connectivity index (χ4n) is 5.14. The molecule has 1 saturated heterocycles. The van der Waals surface area contributed by atoms with Crippen molar-refractivity contribution in [2.24, 2.45) is 0 Å². The molecular formula is C26H24N2O4. The van der Waals surface area contributed by atoms with Gasteiger partial charge in [-0.15, -0.1) is 0 Å². The molecular weight excluding hydrogens is 404 g/mol. The van der Waals surface area contributed by atoms with E-state index in [4.69, 9.17) is 14.2 Å². The maximum Gasteiger partial charge on any atom is 0.210 e. The maximum atomic E-state index is 14.0. The number of carbonyl (C=O) groups is 1. The van der Waals surface area contributed by atoms with E-state index >= 15 is 0 Å². The number of hydrogen-bond donors (Lipinski definition) is 0. The van der Waals surface area contributed by atoms with Crippen LogP contribution in [0.5, 0.6) is 0 Å². The Morgan fingerprint density at radius 3 is 2.34 bits per heavy atom. The molecule has 2 aliphatic heterocycles. The van der Waals surface area contributed by atoms with Crippen LogP contribution in [0.4, 0.5) is 0 Å². The molecule has 2 aromatic carbocycles. The molecule has 0 N–H and O–H groups in total. The summed E-state index contributed by atoms with van der Waals surface area (Å²) in [5.41, 5.74) is 4.16. The Kier molecular flexibility index (Phi) is 4.42. The summed E-state index contributed by atoms with van der Waals surface area (Å²) in [6.07, 6.45) is 5.78. The fourth-order valence-corrected chi connectivity index (χ4v) is 5.14. The van der Waals surface area contributed by atoms with Crippen LogP contribution < -0.4 is 0 Å². The average Bonchev–Trinajstić information content (AvgIpc) is 3.39. The second-order valence-corrected chi connectivity index (χ2v) is 8.87. The van der Waals surface area contributed by atoms with E-state index in [-0.39, 0.29) is 5.78 Å². The van der Waals surface area contributed by atoms with Gasteiger partial charge in [0, 0.05) is 30.8 Å². The van der Waals surface area contributed by atoms with Crippen molar-refractivity contribution in [3.05, 3.63) is 71.5 Å². The topological polar surface area (TPSA) is 70.5 Å². The van der Waals surface area contributed by atoms with Gasteiger partial charge in [0.2, 0.25) is 5.78 Å². The predicted molar refractivity (Wildman–Crippen MR) is 119 cm³/mol. The molecule has 0 bridgehead atoms. The lowest BCUT2D eigenvalue weighted by atomic mass is 9.77. The number of hydrogen-bond acceptors (Lipinski definition) is 6. The highest BCUT2D eigenvalue weighted by Gasteiger charge is 2.56. The molecule has 6 rings (SSSR count). The monoisotopic (exact) mass is 428 g/mol. The van der Waals surface area contributed by atoms with Gasteiger partial charge in [0.05, 0.1) is 29.8 Å². The third-order valence-electron chi connectivity index (χ3n) is 6.84. The van der Waals surface area contributed by atoms with Crippen LogP contribution in [0.15, 0.2) is 54.9 Å². The quantitative estimate of drug-likeness (QED) is 0.600. The Morgan fingerprint density at radius 1 is 0.844 bits per heavy atom. The Balaban J connectivity index is 1.44. The number of ketones is 1. The van der Waals surface area contributed by atoms with Crippen molar-refractivity contribution in [3.8, 4) is 0 Å². The van der Waals surface area contributed by atoms with Gasteiger partial charge in [-0.2, -0.15) is 0 Å². The number of aryl methyl sites for hydroxylation is 1. The lowest BCUT2D eigenvalue weighted by Gasteiger charge is -2.40. The molecule has 3 heterocycles. The molecule has 162 valence electrons. The van der Waals surface area contributed by atoms with Gasteiger partial charge >= 0.3 is 0 Å². The highest BCUT2D eigenvalue weighted by molar-refractivity contribution is 6.33. The molecule has 0 atom stereocenters. The highest BCUT2D eigenvalue weighted by Crippen LogP contribution is 2.51. The van der Waals surface area contributed by atoms with E-state index in [0.29, 0.717) is 50.2 Å². The van der Waals surface area contributed by atoms with E-state index in [1.807, 2.05) is 49.4 Å². The second kappa shape index (κ2) is 7.22. The van der Waals surface area contributed by atoms with E-state index in [1.54, 1.807) is 12.4 Å². The number of aromatic nitrogens is 2. The Morgan fingerprint density at radius 2 is 1.59 bits per heavy atom. The summed E-state index contributed by atoms with van der Waals surface area (Å²) in [7, 11) is 0. The first kappa shape index (κ1) is 19.6. The van der Waals surface area contributed by atoms with E-state index < -0.39 is 11.4 Å². The van der Waals surface area contributed by atoms with Crippen LogP contribution in [-0.2, 0) is 19.0 Å². The largest absolute Gasteiger partial charge is 0.478 e. The molecule has 6 heteroatoms. The third-order valence-corrected chi connectivity index (χ3v) is 6.84. The van der Waals surface area contributed by atoms with Crippen molar-refractivity contribution in [1.29, 1.82) is 0 Å². The molecule has 2 fully saturated rings. The fraction of sp³-hybridized carbons (Fsp3) is 0.346. The summed E-state index contributed by atoms with van der Waals surface area (Å²) < 4.78 is 18.4. The molecule has 1 aliphatic carbocycles. The number of Topliss-reactive ketones (excluding diaryl/α,β-unsaturated/α-hetero) is 1. The molecule has 0 radical (unpaired) electrons. The zero-order chi connectivity index (χ0) is 21.8.